The molecule has 0 bridgehead atoms. The monoisotopic (exact) mass is 408 g/mol. The molecule has 140 valence electrons. The van der Waals surface area contributed by atoms with Gasteiger partial charge in [0.15, 0.2) is 0 Å². The highest BCUT2D eigenvalue weighted by atomic mass is 35.5. The van der Waals surface area contributed by atoms with Crippen molar-refractivity contribution in [2.75, 3.05) is 11.9 Å². The highest BCUT2D eigenvalue weighted by Crippen LogP contribution is 2.32. The Morgan fingerprint density at radius 1 is 0.893 bits per heavy atom. The summed E-state index contributed by atoms with van der Waals surface area (Å²) in [7, 11) is 0. The number of carbonyl (C=O) groups excluding carboxylic acids is 2. The van der Waals surface area contributed by atoms with Crippen LogP contribution in [0.15, 0.2) is 77.8 Å². The molecule has 1 aliphatic heterocycles. The van der Waals surface area contributed by atoms with Crippen LogP contribution in [0.25, 0.3) is 5.57 Å². The van der Waals surface area contributed by atoms with Gasteiger partial charge in [-0.25, -0.2) is 0 Å². The van der Waals surface area contributed by atoms with Gasteiger partial charge in [-0.15, -0.1) is 11.3 Å². The fourth-order valence-corrected chi connectivity index (χ4v) is 4.00. The van der Waals surface area contributed by atoms with Gasteiger partial charge in [-0.2, -0.15) is 0 Å². The van der Waals surface area contributed by atoms with Crippen molar-refractivity contribution in [1.29, 1.82) is 0 Å². The van der Waals surface area contributed by atoms with Gasteiger partial charge in [0, 0.05) is 22.1 Å². The molecule has 0 atom stereocenters. The lowest BCUT2D eigenvalue weighted by molar-refractivity contribution is -0.136. The molecule has 0 saturated carbocycles. The lowest BCUT2D eigenvalue weighted by Gasteiger charge is -2.15. The molecule has 1 aromatic heterocycles. The van der Waals surface area contributed by atoms with Gasteiger partial charge in [0.05, 0.1) is 5.57 Å². The van der Waals surface area contributed by atoms with Crippen molar-refractivity contribution in [2.45, 2.75) is 6.42 Å². The molecule has 1 N–H and O–H groups in total. The molecule has 2 aromatic carbocycles. The number of carbonyl (C=O) groups is 2. The average Bonchev–Trinajstić information content (AvgIpc) is 3.30. The molecular formula is C22H17ClN2O2S. The highest BCUT2D eigenvalue weighted by Gasteiger charge is 2.39. The summed E-state index contributed by atoms with van der Waals surface area (Å²) in [6.07, 6.45) is 0.574. The number of benzene rings is 2. The smallest absolute Gasteiger partial charge is 0.278 e. The van der Waals surface area contributed by atoms with Crippen molar-refractivity contribution in [3.8, 4) is 0 Å². The van der Waals surface area contributed by atoms with E-state index in [0.717, 1.165) is 16.1 Å². The van der Waals surface area contributed by atoms with Gasteiger partial charge >= 0.3 is 0 Å². The summed E-state index contributed by atoms with van der Waals surface area (Å²) >= 11 is 7.37. The van der Waals surface area contributed by atoms with E-state index in [1.54, 1.807) is 0 Å². The minimum Gasteiger partial charge on any atom is -0.350 e. The zero-order valence-electron chi connectivity index (χ0n) is 14.9. The second-order valence-corrected chi connectivity index (χ2v) is 7.74. The van der Waals surface area contributed by atoms with Crippen LogP contribution in [0.3, 0.4) is 0 Å². The summed E-state index contributed by atoms with van der Waals surface area (Å²) in [5.74, 6) is -0.564. The first-order chi connectivity index (χ1) is 13.6. The predicted octanol–water partition coefficient (Wildman–Crippen LogP) is 4.84. The molecule has 3 aromatic rings. The SMILES string of the molecule is O=C1C(Nc2ccccc2)=C(c2cccs2)C(=O)N1CCc1ccc(Cl)cc1. The fourth-order valence-electron chi connectivity index (χ4n) is 3.10. The Morgan fingerprint density at radius 3 is 2.32 bits per heavy atom. The zero-order chi connectivity index (χ0) is 19.5. The van der Waals surface area contributed by atoms with Crippen LogP contribution >= 0.6 is 22.9 Å². The average molecular weight is 409 g/mol. The van der Waals surface area contributed by atoms with E-state index in [-0.39, 0.29) is 11.8 Å². The van der Waals surface area contributed by atoms with Crippen LogP contribution in [0, 0.1) is 0 Å². The zero-order valence-corrected chi connectivity index (χ0v) is 16.5. The molecule has 0 unspecified atom stereocenters. The van der Waals surface area contributed by atoms with Crippen LogP contribution in [0.4, 0.5) is 5.69 Å². The van der Waals surface area contributed by atoms with Gasteiger partial charge < -0.3 is 5.32 Å². The maximum atomic E-state index is 13.1. The van der Waals surface area contributed by atoms with E-state index in [1.165, 1.54) is 16.2 Å². The second-order valence-electron chi connectivity index (χ2n) is 6.36. The number of hydrogen-bond acceptors (Lipinski definition) is 4. The Kier molecular flexibility index (Phi) is 5.28. The molecule has 0 radical (unpaired) electrons. The number of halogens is 1. The first kappa shape index (κ1) is 18.5. The maximum Gasteiger partial charge on any atom is 0.278 e. The third-order valence-electron chi connectivity index (χ3n) is 4.52. The Balaban J connectivity index is 1.60. The van der Waals surface area contributed by atoms with Gasteiger partial charge in [-0.3, -0.25) is 14.5 Å². The second kappa shape index (κ2) is 8.00. The summed E-state index contributed by atoms with van der Waals surface area (Å²) in [6, 6.07) is 20.6. The first-order valence-electron chi connectivity index (χ1n) is 8.84. The van der Waals surface area contributed by atoms with E-state index in [0.29, 0.717) is 29.3 Å². The number of rotatable bonds is 6. The Morgan fingerprint density at radius 2 is 1.64 bits per heavy atom. The van der Waals surface area contributed by atoms with Crippen LogP contribution in [0.1, 0.15) is 10.4 Å². The number of hydrogen-bond donors (Lipinski definition) is 1. The van der Waals surface area contributed by atoms with E-state index in [4.69, 9.17) is 11.6 Å². The van der Waals surface area contributed by atoms with E-state index >= 15 is 0 Å². The van der Waals surface area contributed by atoms with Crippen molar-refractivity contribution < 1.29 is 9.59 Å². The number of nitrogens with zero attached hydrogens (tertiary/aromatic N) is 1. The molecule has 4 rings (SSSR count). The van der Waals surface area contributed by atoms with E-state index in [9.17, 15) is 9.59 Å². The lowest BCUT2D eigenvalue weighted by Crippen LogP contribution is -2.34. The largest absolute Gasteiger partial charge is 0.350 e. The number of thiophene rings is 1. The maximum absolute atomic E-state index is 13.1. The van der Waals surface area contributed by atoms with Crippen molar-refractivity contribution in [3.05, 3.63) is 93.3 Å². The molecule has 4 nitrogen and oxygen atoms in total. The quantitative estimate of drug-likeness (QED) is 0.594. The highest BCUT2D eigenvalue weighted by molar-refractivity contribution is 7.11. The van der Waals surface area contributed by atoms with Crippen molar-refractivity contribution in [1.82, 2.24) is 4.90 Å². The normalized spacial score (nSPS) is 14.1. The summed E-state index contributed by atoms with van der Waals surface area (Å²) < 4.78 is 0. The summed E-state index contributed by atoms with van der Waals surface area (Å²) in [4.78, 5) is 28.3. The van der Waals surface area contributed by atoms with E-state index in [2.05, 4.69) is 5.32 Å². The van der Waals surface area contributed by atoms with Crippen LogP contribution < -0.4 is 5.32 Å². The van der Waals surface area contributed by atoms with Crippen molar-refractivity contribution in [3.63, 3.8) is 0 Å². The number of imide groups is 1. The van der Waals surface area contributed by atoms with Gasteiger partial charge in [0.1, 0.15) is 5.70 Å². The van der Waals surface area contributed by atoms with Crippen molar-refractivity contribution in [2.24, 2.45) is 0 Å². The fraction of sp³-hybridized carbons (Fsp3) is 0.0909. The predicted molar refractivity (Wildman–Crippen MR) is 113 cm³/mol. The third kappa shape index (κ3) is 3.72. The summed E-state index contributed by atoms with van der Waals surface area (Å²) in [6.45, 7) is 0.314. The first-order valence-corrected chi connectivity index (χ1v) is 10.1. The molecular weight excluding hydrogens is 392 g/mol. The summed E-state index contributed by atoms with van der Waals surface area (Å²) in [5, 5.41) is 5.71. The van der Waals surface area contributed by atoms with Gasteiger partial charge in [0.25, 0.3) is 11.8 Å². The van der Waals surface area contributed by atoms with Crippen LogP contribution in [-0.4, -0.2) is 23.3 Å². The minimum absolute atomic E-state index is 0.264. The molecule has 0 spiro atoms. The topological polar surface area (TPSA) is 49.4 Å². The Labute approximate surface area is 172 Å². The number of nitrogens with one attached hydrogen (secondary N) is 1. The van der Waals surface area contributed by atoms with Crippen molar-refractivity contribution >= 4 is 46.0 Å². The van der Waals surface area contributed by atoms with Crippen LogP contribution in [0.2, 0.25) is 5.02 Å². The molecule has 2 amide bonds. The Bertz CT molecular complexity index is 1030. The summed E-state index contributed by atoms with van der Waals surface area (Å²) in [5.41, 5.74) is 2.55. The Hall–Kier alpha value is -2.89. The molecule has 0 aliphatic carbocycles. The molecule has 2 heterocycles. The van der Waals surface area contributed by atoms with Gasteiger partial charge in [-0.05, 0) is 47.7 Å². The standard InChI is InChI=1S/C22H17ClN2O2S/c23-16-10-8-15(9-11-16)12-13-25-21(26)19(18-7-4-14-28-18)20(22(25)27)24-17-5-2-1-3-6-17/h1-11,14,24H,12-13H2. The molecule has 0 fully saturated rings. The van der Waals surface area contributed by atoms with E-state index < -0.39 is 0 Å². The minimum atomic E-state index is -0.300. The molecule has 6 heteroatoms. The lowest BCUT2D eigenvalue weighted by atomic mass is 10.1. The molecule has 0 saturated heterocycles. The number of amides is 2. The van der Waals surface area contributed by atoms with Crippen LogP contribution in [0.5, 0.6) is 0 Å². The van der Waals surface area contributed by atoms with Crippen LogP contribution in [-0.2, 0) is 16.0 Å². The van der Waals surface area contributed by atoms with E-state index in [1.807, 2.05) is 72.1 Å². The van der Waals surface area contributed by atoms with Gasteiger partial charge in [0.2, 0.25) is 0 Å². The molecule has 1 aliphatic rings. The number of para-hydroxylation sites is 1. The third-order valence-corrected chi connectivity index (χ3v) is 5.66. The number of anilines is 1. The molecule has 28 heavy (non-hydrogen) atoms. The van der Waals surface area contributed by atoms with Gasteiger partial charge in [-0.1, -0.05) is 48.0 Å².